The van der Waals surface area contributed by atoms with Gasteiger partial charge in [0.25, 0.3) is 0 Å². The molecule has 2 heterocycles. The van der Waals surface area contributed by atoms with E-state index in [2.05, 4.69) is 54.7 Å². The smallest absolute Gasteiger partial charge is 0.224 e. The van der Waals surface area contributed by atoms with E-state index < -0.39 is 0 Å². The Kier molecular flexibility index (Phi) is 12.8. The summed E-state index contributed by atoms with van der Waals surface area (Å²) in [7, 11) is 0. The van der Waals surface area contributed by atoms with Crippen LogP contribution in [0.25, 0.3) is 11.3 Å². The minimum absolute atomic E-state index is 0.489. The third-order valence-electron chi connectivity index (χ3n) is 6.36. The number of aromatic nitrogens is 3. The first-order chi connectivity index (χ1) is 16.2. The van der Waals surface area contributed by atoms with Crippen molar-refractivity contribution < 1.29 is 0 Å². The van der Waals surface area contributed by atoms with Crippen LogP contribution in [0.5, 0.6) is 0 Å². The molecule has 0 amide bonds. The van der Waals surface area contributed by atoms with Gasteiger partial charge in [-0.1, -0.05) is 79.2 Å². The minimum atomic E-state index is 0.489. The van der Waals surface area contributed by atoms with Gasteiger partial charge in [0.15, 0.2) is 0 Å². The monoisotopic (exact) mass is 453 g/mol. The fourth-order valence-corrected chi connectivity index (χ4v) is 4.56. The lowest BCUT2D eigenvalue weighted by atomic mass is 9.91. The van der Waals surface area contributed by atoms with Crippen molar-refractivity contribution in [3.8, 4) is 11.3 Å². The zero-order chi connectivity index (χ0) is 23.9. The van der Waals surface area contributed by atoms with Crippen molar-refractivity contribution in [1.82, 2.24) is 15.0 Å². The molecule has 184 valence electrons. The summed E-state index contributed by atoms with van der Waals surface area (Å²) in [6.07, 6.45) is 17.5. The van der Waals surface area contributed by atoms with Gasteiger partial charge < -0.3 is 10.6 Å². The van der Waals surface area contributed by atoms with Crippen LogP contribution in [0.2, 0.25) is 0 Å². The van der Waals surface area contributed by atoms with Gasteiger partial charge in [-0.3, -0.25) is 4.98 Å². The van der Waals surface area contributed by atoms with Gasteiger partial charge in [0, 0.05) is 25.0 Å². The van der Waals surface area contributed by atoms with Crippen LogP contribution in [0.1, 0.15) is 117 Å². The molecule has 0 unspecified atom stereocenters. The summed E-state index contributed by atoms with van der Waals surface area (Å²) in [5.41, 5.74) is 3.31. The lowest BCUT2D eigenvalue weighted by Crippen LogP contribution is -2.23. The molecule has 1 fully saturated rings. The van der Waals surface area contributed by atoms with E-state index in [4.69, 9.17) is 9.97 Å². The third kappa shape index (κ3) is 8.60. The Hall–Kier alpha value is -2.17. The second kappa shape index (κ2) is 15.6. The molecular formula is C28H47N5. The predicted molar refractivity (Wildman–Crippen MR) is 143 cm³/mol. The van der Waals surface area contributed by atoms with Gasteiger partial charge in [0.2, 0.25) is 5.95 Å². The van der Waals surface area contributed by atoms with Crippen LogP contribution in [0, 0.1) is 0 Å². The Morgan fingerprint density at radius 2 is 1.64 bits per heavy atom. The molecule has 1 aliphatic carbocycles. The SMILES string of the molecule is CC.CCCCNc1ncc(-c2ccc(C(CCC)CCC)cn2)c(NC2CCCCC2)n1. The van der Waals surface area contributed by atoms with Crippen molar-refractivity contribution in [1.29, 1.82) is 0 Å². The molecule has 0 radical (unpaired) electrons. The molecule has 0 aliphatic heterocycles. The Bertz CT molecular complexity index is 762. The van der Waals surface area contributed by atoms with Crippen molar-refractivity contribution in [2.24, 2.45) is 0 Å². The van der Waals surface area contributed by atoms with Gasteiger partial charge in [-0.15, -0.1) is 0 Å². The summed E-state index contributed by atoms with van der Waals surface area (Å²) in [5, 5.41) is 7.10. The zero-order valence-corrected chi connectivity index (χ0v) is 21.8. The number of anilines is 2. The molecule has 2 aromatic rings. The number of unbranched alkanes of at least 4 members (excludes halogenated alkanes) is 1. The number of hydrogen-bond acceptors (Lipinski definition) is 5. The maximum atomic E-state index is 4.86. The van der Waals surface area contributed by atoms with Crippen LogP contribution >= 0.6 is 0 Å². The minimum Gasteiger partial charge on any atom is -0.367 e. The van der Waals surface area contributed by atoms with Crippen LogP contribution in [0.15, 0.2) is 24.5 Å². The van der Waals surface area contributed by atoms with Crippen LogP contribution < -0.4 is 10.6 Å². The van der Waals surface area contributed by atoms with E-state index in [9.17, 15) is 0 Å². The first kappa shape index (κ1) is 27.1. The van der Waals surface area contributed by atoms with E-state index in [1.165, 1.54) is 63.4 Å². The summed E-state index contributed by atoms with van der Waals surface area (Å²) >= 11 is 0. The first-order valence-corrected chi connectivity index (χ1v) is 13.6. The Morgan fingerprint density at radius 3 is 2.24 bits per heavy atom. The maximum Gasteiger partial charge on any atom is 0.224 e. The molecule has 5 nitrogen and oxygen atoms in total. The van der Waals surface area contributed by atoms with Crippen LogP contribution in [0.4, 0.5) is 11.8 Å². The average molecular weight is 454 g/mol. The molecule has 0 atom stereocenters. The lowest BCUT2D eigenvalue weighted by molar-refractivity contribution is 0.462. The number of nitrogens with zero attached hydrogens (tertiary/aromatic N) is 3. The lowest BCUT2D eigenvalue weighted by Gasteiger charge is -2.24. The average Bonchev–Trinajstić information content (AvgIpc) is 2.86. The largest absolute Gasteiger partial charge is 0.367 e. The highest BCUT2D eigenvalue weighted by Gasteiger charge is 2.18. The molecule has 0 bridgehead atoms. The van der Waals surface area contributed by atoms with Crippen molar-refractivity contribution >= 4 is 11.8 Å². The van der Waals surface area contributed by atoms with Gasteiger partial charge in [0.05, 0.1) is 11.3 Å². The van der Waals surface area contributed by atoms with E-state index in [1.807, 2.05) is 20.0 Å². The zero-order valence-electron chi connectivity index (χ0n) is 21.8. The maximum absolute atomic E-state index is 4.86. The quantitative estimate of drug-likeness (QED) is 0.317. The highest BCUT2D eigenvalue weighted by Crippen LogP contribution is 2.31. The van der Waals surface area contributed by atoms with Gasteiger partial charge in [-0.2, -0.15) is 4.98 Å². The van der Waals surface area contributed by atoms with E-state index in [0.29, 0.717) is 17.9 Å². The second-order valence-corrected chi connectivity index (χ2v) is 8.97. The fraction of sp³-hybridized carbons (Fsp3) is 0.679. The summed E-state index contributed by atoms with van der Waals surface area (Å²) in [4.78, 5) is 14.3. The highest BCUT2D eigenvalue weighted by atomic mass is 15.1. The number of nitrogens with one attached hydrogen (secondary N) is 2. The molecule has 0 aromatic carbocycles. The molecule has 0 saturated heterocycles. The summed E-state index contributed by atoms with van der Waals surface area (Å²) < 4.78 is 0. The van der Waals surface area contributed by atoms with Gasteiger partial charge >= 0.3 is 0 Å². The van der Waals surface area contributed by atoms with Crippen molar-refractivity contribution in [3.05, 3.63) is 30.1 Å². The Morgan fingerprint density at radius 1 is 0.909 bits per heavy atom. The summed E-state index contributed by atoms with van der Waals surface area (Å²) in [6, 6.07) is 4.90. The second-order valence-electron chi connectivity index (χ2n) is 8.97. The molecular weight excluding hydrogens is 406 g/mol. The Labute approximate surface area is 202 Å². The van der Waals surface area contributed by atoms with E-state index in [-0.39, 0.29) is 0 Å². The third-order valence-corrected chi connectivity index (χ3v) is 6.36. The number of pyridine rings is 1. The standard InChI is InChI=1S/C26H41N5.C2H6/c1-4-7-17-27-26-29-19-23(25(31-26)30-22-13-9-8-10-14-22)24-16-15-21(18-28-24)20(11-5-2)12-6-3;1-2/h15-16,18-20,22H,4-14,17H2,1-3H3,(H2,27,29,30,31);1-2H3. The van der Waals surface area contributed by atoms with E-state index in [1.54, 1.807) is 0 Å². The van der Waals surface area contributed by atoms with Crippen LogP contribution in [-0.2, 0) is 0 Å². The topological polar surface area (TPSA) is 62.7 Å². The van der Waals surface area contributed by atoms with Crippen molar-refractivity contribution in [2.75, 3.05) is 17.2 Å². The molecule has 5 heteroatoms. The molecule has 3 rings (SSSR count). The normalized spacial score (nSPS) is 14.0. The molecule has 1 aliphatic rings. The number of rotatable bonds is 12. The van der Waals surface area contributed by atoms with Gasteiger partial charge in [0.1, 0.15) is 5.82 Å². The molecule has 2 N–H and O–H groups in total. The molecule has 33 heavy (non-hydrogen) atoms. The van der Waals surface area contributed by atoms with Gasteiger partial charge in [-0.05, 0) is 49.7 Å². The van der Waals surface area contributed by atoms with Crippen molar-refractivity contribution in [2.45, 2.75) is 117 Å². The first-order valence-electron chi connectivity index (χ1n) is 13.6. The molecule has 2 aromatic heterocycles. The molecule has 0 spiro atoms. The number of hydrogen-bond donors (Lipinski definition) is 2. The van der Waals surface area contributed by atoms with Crippen LogP contribution in [0.3, 0.4) is 0 Å². The van der Waals surface area contributed by atoms with E-state index in [0.717, 1.165) is 36.5 Å². The van der Waals surface area contributed by atoms with Gasteiger partial charge in [-0.25, -0.2) is 4.98 Å². The van der Waals surface area contributed by atoms with Crippen LogP contribution in [-0.4, -0.2) is 27.5 Å². The summed E-state index contributed by atoms with van der Waals surface area (Å²) in [5.74, 6) is 2.23. The predicted octanol–water partition coefficient (Wildman–Crippen LogP) is 8.21. The van der Waals surface area contributed by atoms with E-state index >= 15 is 0 Å². The van der Waals surface area contributed by atoms with Crippen molar-refractivity contribution in [3.63, 3.8) is 0 Å². The molecule has 1 saturated carbocycles. The fourth-order valence-electron chi connectivity index (χ4n) is 4.56. The highest BCUT2D eigenvalue weighted by molar-refractivity contribution is 5.73. The Balaban J connectivity index is 0.00000187. The summed E-state index contributed by atoms with van der Waals surface area (Å²) in [6.45, 7) is 11.6.